The number of rotatable bonds is 6. The van der Waals surface area contributed by atoms with Crippen LogP contribution in [0.15, 0.2) is 72.8 Å². The zero-order valence-corrected chi connectivity index (χ0v) is 16.8. The Hall–Kier alpha value is -2.96. The van der Waals surface area contributed by atoms with E-state index >= 15 is 0 Å². The summed E-state index contributed by atoms with van der Waals surface area (Å²) in [5.74, 6) is -0.179. The Kier molecular flexibility index (Phi) is 5.74. The van der Waals surface area contributed by atoms with Crippen molar-refractivity contribution < 1.29 is 13.9 Å². The monoisotopic (exact) mass is 426 g/mol. The van der Waals surface area contributed by atoms with E-state index in [2.05, 4.69) is 4.98 Å². The van der Waals surface area contributed by atoms with E-state index in [9.17, 15) is 9.18 Å². The molecule has 0 aliphatic heterocycles. The number of carbonyl (C=O) groups is 1. The Bertz CT molecular complexity index is 1100. The number of fused-ring (bicyclic) bond motifs is 1. The van der Waals surface area contributed by atoms with Crippen LogP contribution in [0.5, 0.6) is 5.75 Å². The van der Waals surface area contributed by atoms with E-state index in [4.69, 9.17) is 16.3 Å². The van der Waals surface area contributed by atoms with Gasteiger partial charge in [-0.05, 0) is 54.1 Å². The number of carbonyl (C=O) groups excluding carboxylic acids is 1. The summed E-state index contributed by atoms with van der Waals surface area (Å²) in [5.41, 5.74) is 1.75. The normalized spacial score (nSPS) is 10.8. The maximum atomic E-state index is 13.1. The highest BCUT2D eigenvalue weighted by atomic mass is 35.5. The van der Waals surface area contributed by atoms with Crippen molar-refractivity contribution in [2.75, 3.05) is 11.5 Å². The molecular weight excluding hydrogens is 411 g/mol. The van der Waals surface area contributed by atoms with Gasteiger partial charge < -0.3 is 4.74 Å². The number of anilines is 1. The first kappa shape index (κ1) is 19.4. The number of halogens is 2. The minimum atomic E-state index is -0.359. The van der Waals surface area contributed by atoms with Crippen LogP contribution in [0.3, 0.4) is 0 Å². The number of hydrogen-bond donors (Lipinski definition) is 0. The lowest BCUT2D eigenvalue weighted by atomic mass is 10.2. The van der Waals surface area contributed by atoms with E-state index in [-0.39, 0.29) is 18.3 Å². The predicted octanol–water partition coefficient (Wildman–Crippen LogP) is 5.70. The van der Waals surface area contributed by atoms with E-state index in [1.165, 1.54) is 35.6 Å². The fourth-order valence-corrected chi connectivity index (χ4v) is 3.87. The summed E-state index contributed by atoms with van der Waals surface area (Å²) < 4.78 is 19.6. The largest absolute Gasteiger partial charge is 0.484 e. The van der Waals surface area contributed by atoms with Gasteiger partial charge in [0.2, 0.25) is 0 Å². The Morgan fingerprint density at radius 1 is 1.03 bits per heavy atom. The molecule has 0 bridgehead atoms. The molecule has 4 nitrogen and oxygen atoms in total. The van der Waals surface area contributed by atoms with Gasteiger partial charge >= 0.3 is 0 Å². The van der Waals surface area contributed by atoms with E-state index in [1.807, 2.05) is 36.4 Å². The molecule has 0 saturated carbocycles. The summed E-state index contributed by atoms with van der Waals surface area (Å²) >= 11 is 7.41. The third kappa shape index (κ3) is 4.72. The highest BCUT2D eigenvalue weighted by Crippen LogP contribution is 2.30. The van der Waals surface area contributed by atoms with Crippen molar-refractivity contribution in [2.24, 2.45) is 0 Å². The number of thiazole rings is 1. The predicted molar refractivity (Wildman–Crippen MR) is 114 cm³/mol. The molecule has 0 aliphatic rings. The molecule has 0 saturated heterocycles. The molecule has 0 radical (unpaired) electrons. The average Bonchev–Trinajstić information content (AvgIpc) is 3.16. The standard InChI is InChI=1S/C22H16ClFN2O2S/c23-16-7-5-15(6-8-16)13-26(22-25-19-3-1-2-4-20(19)29-22)21(27)14-28-18-11-9-17(24)10-12-18/h1-12H,13-14H2. The summed E-state index contributed by atoms with van der Waals surface area (Å²) in [6.45, 7) is 0.151. The summed E-state index contributed by atoms with van der Waals surface area (Å²) in [5, 5.41) is 1.22. The third-order valence-electron chi connectivity index (χ3n) is 4.24. The minimum Gasteiger partial charge on any atom is -0.484 e. The van der Waals surface area contributed by atoms with Gasteiger partial charge in [0.05, 0.1) is 16.8 Å². The number of amides is 1. The molecule has 146 valence electrons. The van der Waals surface area contributed by atoms with E-state index in [1.54, 1.807) is 17.0 Å². The quantitative estimate of drug-likeness (QED) is 0.397. The molecule has 0 unspecified atom stereocenters. The molecule has 0 fully saturated rings. The molecule has 0 aliphatic carbocycles. The lowest BCUT2D eigenvalue weighted by molar-refractivity contribution is -0.120. The van der Waals surface area contributed by atoms with Crippen LogP contribution in [0.25, 0.3) is 10.2 Å². The topological polar surface area (TPSA) is 42.4 Å². The number of nitrogens with zero attached hydrogens (tertiary/aromatic N) is 2. The van der Waals surface area contributed by atoms with E-state index < -0.39 is 0 Å². The van der Waals surface area contributed by atoms with E-state index in [0.29, 0.717) is 22.4 Å². The fraction of sp³-hybridized carbons (Fsp3) is 0.0909. The molecule has 0 N–H and O–H groups in total. The Morgan fingerprint density at radius 2 is 1.76 bits per heavy atom. The maximum absolute atomic E-state index is 13.1. The minimum absolute atomic E-state index is 0.185. The number of ether oxygens (including phenoxy) is 1. The Balaban J connectivity index is 1.58. The Labute approximate surface area is 176 Å². The number of para-hydroxylation sites is 1. The van der Waals surface area contributed by atoms with Crippen LogP contribution in [0.4, 0.5) is 9.52 Å². The summed E-state index contributed by atoms with van der Waals surface area (Å²) in [4.78, 5) is 19.2. The van der Waals surface area contributed by atoms with Gasteiger partial charge in [0.1, 0.15) is 11.6 Å². The van der Waals surface area contributed by atoms with Gasteiger partial charge in [-0.2, -0.15) is 0 Å². The first-order valence-corrected chi connectivity index (χ1v) is 10.1. The summed E-state index contributed by atoms with van der Waals surface area (Å²) in [6, 6.07) is 20.6. The molecule has 29 heavy (non-hydrogen) atoms. The van der Waals surface area contributed by atoms with Crippen molar-refractivity contribution in [3.8, 4) is 5.75 Å². The second-order valence-electron chi connectivity index (χ2n) is 6.31. The maximum Gasteiger partial charge on any atom is 0.267 e. The fourth-order valence-electron chi connectivity index (χ4n) is 2.76. The van der Waals surface area contributed by atoms with E-state index in [0.717, 1.165) is 15.8 Å². The summed E-state index contributed by atoms with van der Waals surface area (Å²) in [7, 11) is 0. The number of benzene rings is 3. The molecule has 1 aromatic heterocycles. The molecule has 1 amide bonds. The first-order valence-electron chi connectivity index (χ1n) is 8.87. The van der Waals surface area contributed by atoms with Gasteiger partial charge in [0, 0.05) is 5.02 Å². The van der Waals surface area contributed by atoms with Crippen molar-refractivity contribution in [3.63, 3.8) is 0 Å². The van der Waals surface area contributed by atoms with Crippen molar-refractivity contribution >= 4 is 44.2 Å². The molecule has 1 heterocycles. The Morgan fingerprint density at radius 3 is 2.48 bits per heavy atom. The lowest BCUT2D eigenvalue weighted by Gasteiger charge is -2.20. The van der Waals surface area contributed by atoms with Crippen LogP contribution in [0.2, 0.25) is 5.02 Å². The zero-order chi connectivity index (χ0) is 20.2. The average molecular weight is 427 g/mol. The highest BCUT2D eigenvalue weighted by molar-refractivity contribution is 7.22. The molecule has 7 heteroatoms. The lowest BCUT2D eigenvalue weighted by Crippen LogP contribution is -2.34. The van der Waals surface area contributed by atoms with Crippen LogP contribution in [-0.2, 0) is 11.3 Å². The third-order valence-corrected chi connectivity index (χ3v) is 5.56. The zero-order valence-electron chi connectivity index (χ0n) is 15.2. The SMILES string of the molecule is O=C(COc1ccc(F)cc1)N(Cc1ccc(Cl)cc1)c1nc2ccccc2s1. The van der Waals surface area contributed by atoms with Crippen molar-refractivity contribution in [2.45, 2.75) is 6.54 Å². The van der Waals surface area contributed by atoms with Crippen molar-refractivity contribution in [1.82, 2.24) is 4.98 Å². The van der Waals surface area contributed by atoms with Gasteiger partial charge in [0.25, 0.3) is 5.91 Å². The molecule has 4 aromatic rings. The second-order valence-corrected chi connectivity index (χ2v) is 7.76. The van der Waals surface area contributed by atoms with Gasteiger partial charge in [-0.25, -0.2) is 9.37 Å². The number of hydrogen-bond acceptors (Lipinski definition) is 4. The molecule has 0 atom stereocenters. The van der Waals surface area contributed by atoms with Crippen LogP contribution >= 0.6 is 22.9 Å². The molecule has 0 spiro atoms. The number of aromatic nitrogens is 1. The summed E-state index contributed by atoms with van der Waals surface area (Å²) in [6.07, 6.45) is 0. The van der Waals surface area contributed by atoms with Crippen LogP contribution < -0.4 is 9.64 Å². The molecular formula is C22H16ClFN2O2S. The molecule has 3 aromatic carbocycles. The van der Waals surface area contributed by atoms with Gasteiger partial charge in [0.15, 0.2) is 11.7 Å². The van der Waals surface area contributed by atoms with Gasteiger partial charge in [-0.3, -0.25) is 9.69 Å². The van der Waals surface area contributed by atoms with Crippen LogP contribution in [0, 0.1) is 5.82 Å². The van der Waals surface area contributed by atoms with Gasteiger partial charge in [-0.15, -0.1) is 0 Å². The smallest absolute Gasteiger partial charge is 0.267 e. The molecule has 4 rings (SSSR count). The second kappa shape index (κ2) is 8.59. The van der Waals surface area contributed by atoms with Crippen LogP contribution in [0.1, 0.15) is 5.56 Å². The first-order chi connectivity index (χ1) is 14.1. The van der Waals surface area contributed by atoms with Crippen molar-refractivity contribution in [3.05, 3.63) is 89.2 Å². The van der Waals surface area contributed by atoms with Crippen molar-refractivity contribution in [1.29, 1.82) is 0 Å². The highest BCUT2D eigenvalue weighted by Gasteiger charge is 2.21. The van der Waals surface area contributed by atoms with Gasteiger partial charge in [-0.1, -0.05) is 47.2 Å². The van der Waals surface area contributed by atoms with Crippen LogP contribution in [-0.4, -0.2) is 17.5 Å².